The van der Waals surface area contributed by atoms with Crippen LogP contribution in [0.2, 0.25) is 0 Å². The number of rotatable bonds is 3. The summed E-state index contributed by atoms with van der Waals surface area (Å²) < 4.78 is 19.6. The molecule has 0 aliphatic carbocycles. The van der Waals surface area contributed by atoms with E-state index in [9.17, 15) is 0 Å². The maximum atomic E-state index is 6.22. The summed E-state index contributed by atoms with van der Waals surface area (Å²) in [5.74, 6) is 1.97. The molecule has 3 heterocycles. The number of hydrogen-bond donors (Lipinski definition) is 0. The largest absolute Gasteiger partial charge is 0.496 e. The number of aromatic nitrogens is 2. The van der Waals surface area contributed by atoms with Gasteiger partial charge in [-0.15, -0.1) is 0 Å². The van der Waals surface area contributed by atoms with Crippen LogP contribution >= 0.6 is 0 Å². The fraction of sp³-hybridized carbons (Fsp3) is 0.571. The Balaban J connectivity index is 1.66. The van der Waals surface area contributed by atoms with E-state index in [0.717, 1.165) is 62.6 Å². The first kappa shape index (κ1) is 17.6. The van der Waals surface area contributed by atoms with Gasteiger partial charge in [-0.3, -0.25) is 0 Å². The molecule has 1 unspecified atom stereocenters. The van der Waals surface area contributed by atoms with Crippen LogP contribution in [0.25, 0.3) is 11.4 Å². The van der Waals surface area contributed by atoms with Gasteiger partial charge in [0.25, 0.3) is 0 Å². The van der Waals surface area contributed by atoms with Gasteiger partial charge in [0.05, 0.1) is 12.7 Å². The molecule has 2 saturated heterocycles. The van der Waals surface area contributed by atoms with E-state index in [1.807, 2.05) is 6.20 Å². The van der Waals surface area contributed by atoms with Crippen LogP contribution in [0.5, 0.6) is 5.75 Å². The van der Waals surface area contributed by atoms with E-state index in [1.165, 1.54) is 11.1 Å². The molecule has 140 valence electrons. The average Bonchev–Trinajstić information content (AvgIpc) is 3.13. The standard InChI is InChI=1S/C21H28N2O3/c1-15-13-19(24-3)16(2)12-18(15)20-22-7-8-23(20)17-4-9-26-21(14-17)5-10-25-11-6-21/h7-8,12-13,17H,4-6,9-11,14H2,1-3H3. The van der Waals surface area contributed by atoms with Crippen molar-refractivity contribution >= 4 is 0 Å². The van der Waals surface area contributed by atoms with Crippen LogP contribution in [0, 0.1) is 13.8 Å². The highest BCUT2D eigenvalue weighted by atomic mass is 16.5. The Hall–Kier alpha value is -1.85. The van der Waals surface area contributed by atoms with Crippen LogP contribution in [-0.2, 0) is 9.47 Å². The second-order valence-electron chi connectivity index (χ2n) is 7.59. The van der Waals surface area contributed by atoms with Gasteiger partial charge in [0.1, 0.15) is 11.6 Å². The summed E-state index contributed by atoms with van der Waals surface area (Å²) >= 11 is 0. The fourth-order valence-electron chi connectivity index (χ4n) is 4.40. The summed E-state index contributed by atoms with van der Waals surface area (Å²) in [6.45, 7) is 6.63. The van der Waals surface area contributed by atoms with Crippen molar-refractivity contribution in [2.24, 2.45) is 0 Å². The number of ether oxygens (including phenoxy) is 3. The van der Waals surface area contributed by atoms with Gasteiger partial charge in [0.2, 0.25) is 0 Å². The molecule has 2 fully saturated rings. The highest BCUT2D eigenvalue weighted by Crippen LogP contribution is 2.41. The number of hydrogen-bond acceptors (Lipinski definition) is 4. The van der Waals surface area contributed by atoms with E-state index in [4.69, 9.17) is 19.2 Å². The van der Waals surface area contributed by atoms with Crippen LogP contribution in [0.3, 0.4) is 0 Å². The summed E-state index contributed by atoms with van der Waals surface area (Å²) in [5, 5.41) is 0. The lowest BCUT2D eigenvalue weighted by Crippen LogP contribution is -2.44. The van der Waals surface area contributed by atoms with E-state index in [1.54, 1.807) is 7.11 Å². The lowest BCUT2D eigenvalue weighted by atomic mass is 9.84. The Bertz CT molecular complexity index is 772. The Labute approximate surface area is 155 Å². The van der Waals surface area contributed by atoms with Gasteiger partial charge in [-0.1, -0.05) is 0 Å². The monoisotopic (exact) mass is 356 g/mol. The zero-order valence-electron chi connectivity index (χ0n) is 16.0. The molecular weight excluding hydrogens is 328 g/mol. The molecular formula is C21H28N2O3. The smallest absolute Gasteiger partial charge is 0.140 e. The molecule has 1 aromatic carbocycles. The predicted octanol–water partition coefficient (Wildman–Crippen LogP) is 4.08. The normalized spacial score (nSPS) is 22.5. The quantitative estimate of drug-likeness (QED) is 0.831. The SMILES string of the molecule is COc1cc(C)c(-c2nccn2C2CCOC3(CCOCC3)C2)cc1C. The molecule has 5 nitrogen and oxygen atoms in total. The summed E-state index contributed by atoms with van der Waals surface area (Å²) in [6.07, 6.45) is 8.09. The van der Waals surface area contributed by atoms with Gasteiger partial charge in [-0.2, -0.15) is 0 Å². The van der Waals surface area contributed by atoms with E-state index in [-0.39, 0.29) is 5.60 Å². The second kappa shape index (κ2) is 7.05. The minimum atomic E-state index is -0.0203. The number of imidazole rings is 1. The first-order valence-corrected chi connectivity index (χ1v) is 9.52. The molecule has 26 heavy (non-hydrogen) atoms. The van der Waals surface area contributed by atoms with Gasteiger partial charge in [-0.05, 0) is 62.8 Å². The highest BCUT2D eigenvalue weighted by molar-refractivity contribution is 5.64. The Morgan fingerprint density at radius 1 is 1.15 bits per heavy atom. The average molecular weight is 356 g/mol. The first-order valence-electron chi connectivity index (χ1n) is 9.52. The van der Waals surface area contributed by atoms with Crippen LogP contribution in [0.1, 0.15) is 42.9 Å². The maximum absolute atomic E-state index is 6.22. The van der Waals surface area contributed by atoms with Crippen molar-refractivity contribution in [3.8, 4) is 17.1 Å². The molecule has 2 aromatic rings. The molecule has 5 heteroatoms. The molecule has 0 bridgehead atoms. The summed E-state index contributed by atoms with van der Waals surface area (Å²) in [5.41, 5.74) is 3.48. The molecule has 2 aliphatic heterocycles. The second-order valence-corrected chi connectivity index (χ2v) is 7.59. The third-order valence-corrected chi connectivity index (χ3v) is 5.92. The van der Waals surface area contributed by atoms with Gasteiger partial charge in [0.15, 0.2) is 0 Å². The van der Waals surface area contributed by atoms with Crippen molar-refractivity contribution in [2.45, 2.75) is 51.2 Å². The number of nitrogens with zero attached hydrogens (tertiary/aromatic N) is 2. The summed E-state index contributed by atoms with van der Waals surface area (Å²) in [4.78, 5) is 4.71. The lowest BCUT2D eigenvalue weighted by molar-refractivity contribution is -0.144. The molecule has 0 amide bonds. The summed E-state index contributed by atoms with van der Waals surface area (Å²) in [7, 11) is 1.72. The third kappa shape index (κ3) is 3.14. The lowest BCUT2D eigenvalue weighted by Gasteiger charge is -2.43. The van der Waals surface area contributed by atoms with Gasteiger partial charge in [0, 0.05) is 43.8 Å². The Morgan fingerprint density at radius 3 is 2.73 bits per heavy atom. The molecule has 1 aromatic heterocycles. The highest BCUT2D eigenvalue weighted by Gasteiger charge is 2.40. The van der Waals surface area contributed by atoms with Crippen LogP contribution < -0.4 is 4.74 Å². The molecule has 0 radical (unpaired) electrons. The van der Waals surface area contributed by atoms with Gasteiger partial charge >= 0.3 is 0 Å². The molecule has 1 atom stereocenters. The van der Waals surface area contributed by atoms with Crippen molar-refractivity contribution < 1.29 is 14.2 Å². The predicted molar refractivity (Wildman–Crippen MR) is 101 cm³/mol. The number of benzene rings is 1. The van der Waals surface area contributed by atoms with E-state index in [0.29, 0.717) is 6.04 Å². The zero-order chi connectivity index (χ0) is 18.1. The molecule has 2 aliphatic rings. The topological polar surface area (TPSA) is 45.5 Å². The number of aryl methyl sites for hydroxylation is 2. The van der Waals surface area contributed by atoms with Crippen molar-refractivity contribution in [2.75, 3.05) is 26.9 Å². The van der Waals surface area contributed by atoms with Crippen LogP contribution in [-0.4, -0.2) is 42.1 Å². The molecule has 0 saturated carbocycles. The van der Waals surface area contributed by atoms with E-state index >= 15 is 0 Å². The van der Waals surface area contributed by atoms with Crippen molar-refractivity contribution in [1.29, 1.82) is 0 Å². The minimum Gasteiger partial charge on any atom is -0.496 e. The van der Waals surface area contributed by atoms with Crippen LogP contribution in [0.4, 0.5) is 0 Å². The molecule has 1 spiro atoms. The third-order valence-electron chi connectivity index (χ3n) is 5.92. The maximum Gasteiger partial charge on any atom is 0.140 e. The van der Waals surface area contributed by atoms with E-state index < -0.39 is 0 Å². The van der Waals surface area contributed by atoms with Gasteiger partial charge < -0.3 is 18.8 Å². The molecule has 0 N–H and O–H groups in total. The Kier molecular flexibility index (Phi) is 4.76. The first-order chi connectivity index (χ1) is 12.6. The zero-order valence-corrected chi connectivity index (χ0v) is 16.0. The molecule has 4 rings (SSSR count). The van der Waals surface area contributed by atoms with Gasteiger partial charge in [-0.25, -0.2) is 4.98 Å². The summed E-state index contributed by atoms with van der Waals surface area (Å²) in [6, 6.07) is 4.71. The van der Waals surface area contributed by atoms with E-state index in [2.05, 4.69) is 36.7 Å². The Morgan fingerprint density at radius 2 is 1.96 bits per heavy atom. The van der Waals surface area contributed by atoms with Crippen molar-refractivity contribution in [1.82, 2.24) is 9.55 Å². The minimum absolute atomic E-state index is 0.0203. The van der Waals surface area contributed by atoms with Crippen molar-refractivity contribution in [3.63, 3.8) is 0 Å². The van der Waals surface area contributed by atoms with Crippen molar-refractivity contribution in [3.05, 3.63) is 35.7 Å². The van der Waals surface area contributed by atoms with Crippen LogP contribution in [0.15, 0.2) is 24.5 Å². The fourth-order valence-corrected chi connectivity index (χ4v) is 4.40. The number of methoxy groups -OCH3 is 1.